The molecule has 0 spiro atoms. The van der Waals surface area contributed by atoms with Crippen molar-refractivity contribution in [3.63, 3.8) is 0 Å². The number of hydrogen-bond donors (Lipinski definition) is 2. The number of nitrogens with one attached hydrogen (secondary N) is 2. The predicted octanol–water partition coefficient (Wildman–Crippen LogP) is 2.20. The van der Waals surface area contributed by atoms with E-state index in [1.54, 1.807) is 17.0 Å². The van der Waals surface area contributed by atoms with E-state index in [1.165, 1.54) is 24.3 Å². The summed E-state index contributed by atoms with van der Waals surface area (Å²) < 4.78 is 44.3. The maximum absolute atomic E-state index is 13.3. The molecule has 2 aliphatic heterocycles. The Bertz CT molecular complexity index is 1120. The number of benzene rings is 1. The van der Waals surface area contributed by atoms with Gasteiger partial charge in [-0.2, -0.15) is 0 Å². The van der Waals surface area contributed by atoms with E-state index in [9.17, 15) is 17.6 Å². The number of amides is 1. The Morgan fingerprint density at radius 2 is 2.09 bits per heavy atom. The van der Waals surface area contributed by atoms with E-state index in [2.05, 4.69) is 15.0 Å². The van der Waals surface area contributed by atoms with Crippen molar-refractivity contribution in [3.8, 4) is 5.75 Å². The predicted molar refractivity (Wildman–Crippen MR) is 119 cm³/mol. The van der Waals surface area contributed by atoms with E-state index in [4.69, 9.17) is 16.3 Å². The summed E-state index contributed by atoms with van der Waals surface area (Å²) in [6.07, 6.45) is 3.55. The molecule has 32 heavy (non-hydrogen) atoms. The van der Waals surface area contributed by atoms with Crippen LogP contribution in [0.1, 0.15) is 18.4 Å². The lowest BCUT2D eigenvalue weighted by Crippen LogP contribution is -2.62. The highest BCUT2D eigenvalue weighted by Gasteiger charge is 2.45. The zero-order valence-electron chi connectivity index (χ0n) is 17.5. The standard InChI is InChI=1S/C21H24ClFN4O4S/c1-32(29,30)26-20-17(6-7-18(22)24-20)31-12-19(28)27-11-16-8-9-21(13-27,25-16)10-14-2-4-15(23)5-3-14/h2-7,16,25H,8-13H2,1H3,(H,24,26). The lowest BCUT2D eigenvalue weighted by molar-refractivity contribution is -0.135. The fourth-order valence-electron chi connectivity index (χ4n) is 4.38. The Hall–Kier alpha value is -2.43. The molecule has 0 saturated carbocycles. The summed E-state index contributed by atoms with van der Waals surface area (Å²) in [5.74, 6) is -0.432. The van der Waals surface area contributed by atoms with Crippen molar-refractivity contribution in [2.24, 2.45) is 0 Å². The third kappa shape index (κ3) is 5.48. The van der Waals surface area contributed by atoms with Crippen molar-refractivity contribution < 1.29 is 22.3 Å². The fraction of sp³-hybridized carbons (Fsp3) is 0.429. The number of anilines is 1. The Morgan fingerprint density at radius 1 is 1.34 bits per heavy atom. The van der Waals surface area contributed by atoms with E-state index < -0.39 is 10.0 Å². The molecule has 2 fully saturated rings. The Morgan fingerprint density at radius 3 is 2.81 bits per heavy atom. The first-order valence-electron chi connectivity index (χ1n) is 10.2. The Balaban J connectivity index is 1.43. The van der Waals surface area contributed by atoms with E-state index in [1.807, 2.05) is 0 Å². The van der Waals surface area contributed by atoms with Gasteiger partial charge in [0.1, 0.15) is 11.0 Å². The maximum atomic E-state index is 13.3. The summed E-state index contributed by atoms with van der Waals surface area (Å²) in [7, 11) is -3.60. The summed E-state index contributed by atoms with van der Waals surface area (Å²) in [6, 6.07) is 9.54. The van der Waals surface area contributed by atoms with Crippen LogP contribution in [0.5, 0.6) is 5.75 Å². The van der Waals surface area contributed by atoms with Gasteiger partial charge in [-0.1, -0.05) is 23.7 Å². The number of fused-ring (bicyclic) bond motifs is 2. The third-order valence-electron chi connectivity index (χ3n) is 5.68. The van der Waals surface area contributed by atoms with E-state index in [0.717, 1.165) is 24.7 Å². The van der Waals surface area contributed by atoms with Gasteiger partial charge in [0.2, 0.25) is 10.0 Å². The lowest BCUT2D eigenvalue weighted by atomic mass is 9.88. The van der Waals surface area contributed by atoms with Crippen LogP contribution in [0, 0.1) is 5.82 Å². The number of halogens is 2. The highest BCUT2D eigenvalue weighted by molar-refractivity contribution is 7.92. The van der Waals surface area contributed by atoms with Crippen LogP contribution >= 0.6 is 11.6 Å². The minimum atomic E-state index is -3.60. The summed E-state index contributed by atoms with van der Waals surface area (Å²) in [4.78, 5) is 18.6. The van der Waals surface area contributed by atoms with Gasteiger partial charge in [-0.3, -0.25) is 9.52 Å². The molecular formula is C21H24ClFN4O4S. The second-order valence-electron chi connectivity index (χ2n) is 8.38. The number of rotatable bonds is 7. The first kappa shape index (κ1) is 22.8. The molecule has 1 aromatic heterocycles. The topological polar surface area (TPSA) is 101 Å². The first-order valence-corrected chi connectivity index (χ1v) is 12.4. The van der Waals surface area contributed by atoms with Crippen LogP contribution in [0.4, 0.5) is 10.2 Å². The lowest BCUT2D eigenvalue weighted by Gasteiger charge is -2.41. The van der Waals surface area contributed by atoms with Crippen LogP contribution in [0.15, 0.2) is 36.4 Å². The normalized spacial score (nSPS) is 22.6. The summed E-state index contributed by atoms with van der Waals surface area (Å²) >= 11 is 5.86. The van der Waals surface area contributed by atoms with Crippen LogP contribution in [-0.2, 0) is 21.2 Å². The van der Waals surface area contributed by atoms with Gasteiger partial charge in [0.05, 0.1) is 6.26 Å². The number of aromatic nitrogens is 1. The number of nitrogens with zero attached hydrogens (tertiary/aromatic N) is 2. The van der Waals surface area contributed by atoms with Crippen LogP contribution < -0.4 is 14.8 Å². The van der Waals surface area contributed by atoms with Crippen LogP contribution in [0.3, 0.4) is 0 Å². The van der Waals surface area contributed by atoms with Crippen molar-refractivity contribution in [2.75, 3.05) is 30.7 Å². The third-order valence-corrected chi connectivity index (χ3v) is 6.46. The van der Waals surface area contributed by atoms with Crippen LogP contribution in [-0.4, -0.2) is 61.7 Å². The van der Waals surface area contributed by atoms with E-state index >= 15 is 0 Å². The number of ether oxygens (including phenoxy) is 1. The number of likely N-dealkylation sites (tertiary alicyclic amines) is 1. The van der Waals surface area contributed by atoms with Gasteiger partial charge >= 0.3 is 0 Å². The minimum absolute atomic E-state index is 0.0686. The van der Waals surface area contributed by atoms with Crippen molar-refractivity contribution in [3.05, 3.63) is 52.9 Å². The molecule has 0 aliphatic carbocycles. The first-order chi connectivity index (χ1) is 15.1. The molecule has 2 bridgehead atoms. The average Bonchev–Trinajstić information content (AvgIpc) is 3.01. The van der Waals surface area contributed by atoms with Crippen molar-refractivity contribution in [2.45, 2.75) is 30.8 Å². The van der Waals surface area contributed by atoms with E-state index in [-0.39, 0.29) is 46.6 Å². The zero-order chi connectivity index (χ0) is 22.9. The summed E-state index contributed by atoms with van der Waals surface area (Å²) in [5.41, 5.74) is 0.746. The molecule has 1 amide bonds. The van der Waals surface area contributed by atoms with Gasteiger partial charge in [-0.05, 0) is 49.1 Å². The second kappa shape index (κ2) is 8.84. The molecule has 2 aromatic rings. The van der Waals surface area contributed by atoms with Gasteiger partial charge in [0.15, 0.2) is 18.2 Å². The summed E-state index contributed by atoms with van der Waals surface area (Å²) in [6.45, 7) is 0.818. The number of carbonyl (C=O) groups is 1. The molecule has 2 saturated heterocycles. The van der Waals surface area contributed by atoms with Crippen molar-refractivity contribution >= 4 is 33.3 Å². The molecule has 8 nitrogen and oxygen atoms in total. The van der Waals surface area contributed by atoms with Crippen molar-refractivity contribution in [1.29, 1.82) is 0 Å². The molecule has 2 N–H and O–H groups in total. The Labute approximate surface area is 191 Å². The Kier molecular flexibility index (Phi) is 6.28. The molecule has 1 aromatic carbocycles. The number of pyridine rings is 1. The SMILES string of the molecule is CS(=O)(=O)Nc1nc(Cl)ccc1OCC(=O)N1CC2CCC(Cc3ccc(F)cc3)(C1)N2. The highest BCUT2D eigenvalue weighted by Crippen LogP contribution is 2.33. The fourth-order valence-corrected chi connectivity index (χ4v) is 5.03. The molecule has 2 aliphatic rings. The highest BCUT2D eigenvalue weighted by atomic mass is 35.5. The van der Waals surface area contributed by atoms with E-state index in [0.29, 0.717) is 19.5 Å². The van der Waals surface area contributed by atoms with Gasteiger partial charge < -0.3 is 15.0 Å². The molecule has 2 unspecified atom stereocenters. The van der Waals surface area contributed by atoms with Crippen LogP contribution in [0.25, 0.3) is 0 Å². The minimum Gasteiger partial charge on any atom is -0.480 e. The van der Waals surface area contributed by atoms with Gasteiger partial charge in [0.25, 0.3) is 5.91 Å². The van der Waals surface area contributed by atoms with Crippen molar-refractivity contribution in [1.82, 2.24) is 15.2 Å². The maximum Gasteiger partial charge on any atom is 0.260 e. The molecule has 172 valence electrons. The second-order valence-corrected chi connectivity index (χ2v) is 10.5. The van der Waals surface area contributed by atoms with Gasteiger partial charge in [-0.15, -0.1) is 0 Å². The smallest absolute Gasteiger partial charge is 0.260 e. The number of sulfonamides is 1. The molecule has 11 heteroatoms. The number of carbonyl (C=O) groups excluding carboxylic acids is 1. The van der Waals surface area contributed by atoms with Gasteiger partial charge in [-0.25, -0.2) is 17.8 Å². The number of hydrogen-bond acceptors (Lipinski definition) is 6. The largest absolute Gasteiger partial charge is 0.480 e. The molecular weight excluding hydrogens is 459 g/mol. The molecule has 4 rings (SSSR count). The quantitative estimate of drug-likeness (QED) is 0.587. The van der Waals surface area contributed by atoms with Crippen LogP contribution in [0.2, 0.25) is 5.15 Å². The zero-order valence-corrected chi connectivity index (χ0v) is 19.0. The number of piperazine rings is 1. The van der Waals surface area contributed by atoms with Gasteiger partial charge in [0, 0.05) is 24.7 Å². The monoisotopic (exact) mass is 482 g/mol. The molecule has 2 atom stereocenters. The molecule has 3 heterocycles. The molecule has 0 radical (unpaired) electrons. The summed E-state index contributed by atoms with van der Waals surface area (Å²) in [5, 5.41) is 3.73. The average molecular weight is 483 g/mol.